The monoisotopic (exact) mass is 325 g/mol. The lowest BCUT2D eigenvalue weighted by molar-refractivity contribution is -0.128. The summed E-state index contributed by atoms with van der Waals surface area (Å²) in [6.07, 6.45) is 2.11. The Labute approximate surface area is 145 Å². The Kier molecular flexibility index (Phi) is 6.86. The number of ether oxygens (including phenoxy) is 1. The van der Waals surface area contributed by atoms with Gasteiger partial charge in [-0.15, -0.1) is 0 Å². The second kappa shape index (κ2) is 9.11. The molecule has 0 aliphatic rings. The van der Waals surface area contributed by atoms with Crippen molar-refractivity contribution in [3.05, 3.63) is 65.2 Å². The van der Waals surface area contributed by atoms with Crippen molar-refractivity contribution < 1.29 is 9.53 Å². The van der Waals surface area contributed by atoms with E-state index in [1.165, 1.54) is 16.7 Å². The van der Waals surface area contributed by atoms with E-state index in [9.17, 15) is 4.79 Å². The molecule has 0 spiro atoms. The fourth-order valence-electron chi connectivity index (χ4n) is 2.48. The van der Waals surface area contributed by atoms with Gasteiger partial charge >= 0.3 is 0 Å². The van der Waals surface area contributed by atoms with E-state index in [1.807, 2.05) is 38.1 Å². The van der Waals surface area contributed by atoms with Crippen LogP contribution in [0.3, 0.4) is 0 Å². The molecule has 3 heteroatoms. The molecule has 1 amide bonds. The second-order valence-electron chi connectivity index (χ2n) is 6.21. The summed E-state index contributed by atoms with van der Waals surface area (Å²) in [5.74, 6) is 0.698. The number of carbonyl (C=O) groups excluding carboxylic acids is 1. The average molecular weight is 325 g/mol. The maximum Gasteiger partial charge on any atom is 0.261 e. The predicted molar refractivity (Wildman–Crippen MR) is 98.4 cm³/mol. The molecular formula is C21H27NO2. The molecule has 1 N–H and O–H groups in total. The van der Waals surface area contributed by atoms with Crippen LogP contribution in [0.4, 0.5) is 0 Å². The molecule has 3 nitrogen and oxygen atoms in total. The molecule has 0 heterocycles. The van der Waals surface area contributed by atoms with Crippen LogP contribution in [0.5, 0.6) is 5.75 Å². The number of rotatable bonds is 8. The van der Waals surface area contributed by atoms with Gasteiger partial charge in [0.05, 0.1) is 0 Å². The van der Waals surface area contributed by atoms with Gasteiger partial charge in [0, 0.05) is 6.54 Å². The number of nitrogens with one attached hydrogen (secondary N) is 1. The van der Waals surface area contributed by atoms with E-state index in [2.05, 4.69) is 36.5 Å². The Morgan fingerprint density at radius 2 is 1.58 bits per heavy atom. The number of amides is 1. The lowest BCUT2D eigenvalue weighted by Crippen LogP contribution is -2.38. The molecule has 1 atom stereocenters. The van der Waals surface area contributed by atoms with E-state index < -0.39 is 6.10 Å². The summed E-state index contributed by atoms with van der Waals surface area (Å²) in [5.41, 5.74) is 3.75. The largest absolute Gasteiger partial charge is 0.481 e. The van der Waals surface area contributed by atoms with Crippen LogP contribution in [0, 0.1) is 13.8 Å². The third-order valence-electron chi connectivity index (χ3n) is 4.02. The summed E-state index contributed by atoms with van der Waals surface area (Å²) < 4.78 is 5.80. The lowest BCUT2D eigenvalue weighted by Gasteiger charge is -2.17. The third-order valence-corrected chi connectivity index (χ3v) is 4.02. The summed E-state index contributed by atoms with van der Waals surface area (Å²) in [4.78, 5) is 12.3. The van der Waals surface area contributed by atoms with Crippen molar-refractivity contribution in [2.75, 3.05) is 6.54 Å². The Morgan fingerprint density at radius 1 is 1.00 bits per heavy atom. The van der Waals surface area contributed by atoms with Crippen LogP contribution in [-0.2, 0) is 11.2 Å². The Bertz CT molecular complexity index is 632. The van der Waals surface area contributed by atoms with E-state index in [4.69, 9.17) is 4.74 Å². The maximum absolute atomic E-state index is 12.3. The van der Waals surface area contributed by atoms with E-state index in [-0.39, 0.29) is 5.91 Å². The zero-order chi connectivity index (χ0) is 17.4. The van der Waals surface area contributed by atoms with Crippen LogP contribution in [0.2, 0.25) is 0 Å². The summed E-state index contributed by atoms with van der Waals surface area (Å²) >= 11 is 0. The third kappa shape index (κ3) is 5.73. The topological polar surface area (TPSA) is 38.3 Å². The zero-order valence-electron chi connectivity index (χ0n) is 14.8. The highest BCUT2D eigenvalue weighted by Gasteiger charge is 2.17. The first kappa shape index (κ1) is 18.1. The Morgan fingerprint density at radius 3 is 2.17 bits per heavy atom. The molecule has 0 bridgehead atoms. The number of aryl methyl sites for hydroxylation is 3. The highest BCUT2D eigenvalue weighted by atomic mass is 16.5. The molecule has 2 aromatic carbocycles. The number of benzene rings is 2. The Balaban J connectivity index is 1.75. The molecule has 0 aliphatic carbocycles. The molecule has 2 rings (SSSR count). The number of hydrogen-bond acceptors (Lipinski definition) is 2. The summed E-state index contributed by atoms with van der Waals surface area (Å²) in [5, 5.41) is 2.98. The van der Waals surface area contributed by atoms with Gasteiger partial charge in [-0.3, -0.25) is 4.79 Å². The van der Waals surface area contributed by atoms with Crippen molar-refractivity contribution in [1.29, 1.82) is 0 Å². The van der Waals surface area contributed by atoms with E-state index in [1.54, 1.807) is 0 Å². The first-order valence-electron chi connectivity index (χ1n) is 8.65. The van der Waals surface area contributed by atoms with Gasteiger partial charge in [-0.2, -0.15) is 0 Å². The number of hydrogen-bond donors (Lipinski definition) is 1. The minimum absolute atomic E-state index is 0.0398. The van der Waals surface area contributed by atoms with Gasteiger partial charge in [-0.05, 0) is 50.8 Å². The van der Waals surface area contributed by atoms with Crippen molar-refractivity contribution in [1.82, 2.24) is 5.32 Å². The van der Waals surface area contributed by atoms with Crippen molar-refractivity contribution in [3.8, 4) is 5.75 Å². The molecule has 0 unspecified atom stereocenters. The highest BCUT2D eigenvalue weighted by Crippen LogP contribution is 2.14. The van der Waals surface area contributed by atoms with Crippen molar-refractivity contribution in [2.24, 2.45) is 0 Å². The summed E-state index contributed by atoms with van der Waals surface area (Å²) in [6, 6.07) is 16.3. The first-order valence-corrected chi connectivity index (χ1v) is 8.65. The van der Waals surface area contributed by atoms with Crippen LogP contribution in [-0.4, -0.2) is 18.6 Å². The van der Waals surface area contributed by atoms with E-state index >= 15 is 0 Å². The quantitative estimate of drug-likeness (QED) is 0.738. The molecule has 0 saturated carbocycles. The second-order valence-corrected chi connectivity index (χ2v) is 6.21. The van der Waals surface area contributed by atoms with Gasteiger partial charge in [-0.25, -0.2) is 0 Å². The number of carbonyl (C=O) groups is 1. The SMILES string of the molecule is CC[C@H](Oc1ccc(C)cc1)C(=O)NCCCc1ccc(C)cc1. The van der Waals surface area contributed by atoms with Gasteiger partial charge in [0.15, 0.2) is 6.10 Å². The predicted octanol–water partition coefficient (Wildman–Crippen LogP) is 4.21. The van der Waals surface area contributed by atoms with Crippen LogP contribution < -0.4 is 10.1 Å². The van der Waals surface area contributed by atoms with Crippen molar-refractivity contribution in [2.45, 2.75) is 46.1 Å². The van der Waals surface area contributed by atoms with Crippen LogP contribution in [0.25, 0.3) is 0 Å². The fourth-order valence-corrected chi connectivity index (χ4v) is 2.48. The van der Waals surface area contributed by atoms with Gasteiger partial charge in [0.1, 0.15) is 5.75 Å². The standard InChI is InChI=1S/C21H27NO2/c1-4-20(24-19-13-9-17(3)10-14-19)21(23)22-15-5-6-18-11-7-16(2)8-12-18/h7-14,20H,4-6,15H2,1-3H3,(H,22,23)/t20-/m0/s1. The normalized spacial score (nSPS) is 11.8. The fraction of sp³-hybridized carbons (Fsp3) is 0.381. The van der Waals surface area contributed by atoms with E-state index in [0.29, 0.717) is 13.0 Å². The van der Waals surface area contributed by atoms with Crippen LogP contribution in [0.1, 0.15) is 36.5 Å². The average Bonchev–Trinajstić information content (AvgIpc) is 2.59. The Hall–Kier alpha value is -2.29. The minimum atomic E-state index is -0.438. The van der Waals surface area contributed by atoms with Crippen LogP contribution in [0.15, 0.2) is 48.5 Å². The molecule has 0 saturated heterocycles. The molecule has 0 fully saturated rings. The molecule has 0 aliphatic heterocycles. The molecule has 128 valence electrons. The maximum atomic E-state index is 12.3. The van der Waals surface area contributed by atoms with Crippen molar-refractivity contribution in [3.63, 3.8) is 0 Å². The highest BCUT2D eigenvalue weighted by molar-refractivity contribution is 5.81. The van der Waals surface area contributed by atoms with Crippen molar-refractivity contribution >= 4 is 5.91 Å². The van der Waals surface area contributed by atoms with E-state index in [0.717, 1.165) is 18.6 Å². The molecule has 0 aromatic heterocycles. The lowest BCUT2D eigenvalue weighted by atomic mass is 10.1. The summed E-state index contributed by atoms with van der Waals surface area (Å²) in [6.45, 7) is 6.75. The van der Waals surface area contributed by atoms with Crippen LogP contribution >= 0.6 is 0 Å². The van der Waals surface area contributed by atoms with Gasteiger partial charge < -0.3 is 10.1 Å². The minimum Gasteiger partial charge on any atom is -0.481 e. The van der Waals surface area contributed by atoms with Gasteiger partial charge in [0.2, 0.25) is 0 Å². The molecule has 2 aromatic rings. The molecular weight excluding hydrogens is 298 g/mol. The molecule has 24 heavy (non-hydrogen) atoms. The molecule has 0 radical (unpaired) electrons. The van der Waals surface area contributed by atoms with Gasteiger partial charge in [-0.1, -0.05) is 54.4 Å². The van der Waals surface area contributed by atoms with Gasteiger partial charge in [0.25, 0.3) is 5.91 Å². The zero-order valence-corrected chi connectivity index (χ0v) is 14.8. The smallest absolute Gasteiger partial charge is 0.261 e. The first-order chi connectivity index (χ1) is 11.6. The summed E-state index contributed by atoms with van der Waals surface area (Å²) in [7, 11) is 0.